The molecule has 0 spiro atoms. The van der Waals surface area contributed by atoms with Gasteiger partial charge in [0, 0.05) is 13.0 Å². The smallest absolute Gasteiger partial charge is 0.410 e. The van der Waals surface area contributed by atoms with Gasteiger partial charge in [0.1, 0.15) is 11.4 Å². The van der Waals surface area contributed by atoms with Gasteiger partial charge in [0.2, 0.25) is 6.79 Å². The Morgan fingerprint density at radius 1 is 1.36 bits per heavy atom. The molecule has 0 aliphatic carbocycles. The molecule has 0 bridgehead atoms. The first-order chi connectivity index (χ1) is 13.4. The van der Waals surface area contributed by atoms with Crippen LogP contribution in [0.25, 0.3) is 0 Å². The maximum absolute atomic E-state index is 13.7. The third-order valence-electron chi connectivity index (χ3n) is 4.82. The molecule has 0 saturated heterocycles. The van der Waals surface area contributed by atoms with E-state index in [9.17, 15) is 18.0 Å². The maximum atomic E-state index is 13.7. The van der Waals surface area contributed by atoms with Crippen LogP contribution in [0.15, 0.2) is 24.4 Å². The third-order valence-corrected chi connectivity index (χ3v) is 4.82. The number of nitrogens with one attached hydrogen (secondary N) is 2. The van der Waals surface area contributed by atoms with Gasteiger partial charge in [-0.05, 0) is 24.1 Å². The predicted molar refractivity (Wildman–Crippen MR) is 93.5 cm³/mol. The summed E-state index contributed by atoms with van der Waals surface area (Å²) in [4.78, 5) is 12.4. The van der Waals surface area contributed by atoms with E-state index in [1.165, 1.54) is 6.20 Å². The normalized spacial score (nSPS) is 20.4. The van der Waals surface area contributed by atoms with Gasteiger partial charge in [-0.2, -0.15) is 18.3 Å². The van der Waals surface area contributed by atoms with E-state index in [4.69, 9.17) is 9.47 Å². The van der Waals surface area contributed by atoms with Crippen LogP contribution in [0, 0.1) is 0 Å². The number of ether oxygens (including phenoxy) is 2. The third kappa shape index (κ3) is 3.23. The molecule has 28 heavy (non-hydrogen) atoms. The van der Waals surface area contributed by atoms with Gasteiger partial charge in [0.25, 0.3) is 5.91 Å². The van der Waals surface area contributed by atoms with Crippen LogP contribution in [-0.4, -0.2) is 35.2 Å². The molecule has 1 amide bonds. The highest BCUT2D eigenvalue weighted by Gasteiger charge is 2.47. The highest BCUT2D eigenvalue weighted by molar-refractivity contribution is 5.98. The van der Waals surface area contributed by atoms with Crippen molar-refractivity contribution in [3.05, 3.63) is 35.5 Å². The Hall–Kier alpha value is -2.91. The van der Waals surface area contributed by atoms with E-state index in [1.807, 2.05) is 6.92 Å². The largest absolute Gasteiger partial charge is 0.454 e. The number of halogens is 3. The zero-order valence-electron chi connectivity index (χ0n) is 15.0. The fourth-order valence-corrected chi connectivity index (χ4v) is 3.41. The van der Waals surface area contributed by atoms with Crippen LogP contribution in [-0.2, 0) is 0 Å². The maximum Gasteiger partial charge on any atom is 0.410 e. The molecule has 0 saturated carbocycles. The Morgan fingerprint density at radius 3 is 2.89 bits per heavy atom. The van der Waals surface area contributed by atoms with Crippen molar-refractivity contribution in [3.63, 3.8) is 0 Å². The number of carbonyl (C=O) groups excluding carboxylic acids is 1. The van der Waals surface area contributed by atoms with Crippen molar-refractivity contribution in [1.29, 1.82) is 0 Å². The Labute approximate surface area is 158 Å². The van der Waals surface area contributed by atoms with Crippen LogP contribution < -0.4 is 20.1 Å². The number of anilines is 1. The summed E-state index contributed by atoms with van der Waals surface area (Å²) in [5.41, 5.74) is 0.707. The van der Waals surface area contributed by atoms with E-state index in [0.29, 0.717) is 30.0 Å². The fourth-order valence-electron chi connectivity index (χ4n) is 3.41. The first kappa shape index (κ1) is 18.5. The molecule has 1 aromatic heterocycles. The lowest BCUT2D eigenvalue weighted by Gasteiger charge is -2.34. The van der Waals surface area contributed by atoms with Gasteiger partial charge in [0.15, 0.2) is 17.5 Å². The van der Waals surface area contributed by atoms with Gasteiger partial charge in [-0.1, -0.05) is 13.0 Å². The lowest BCUT2D eigenvalue weighted by atomic mass is 9.96. The first-order valence-corrected chi connectivity index (χ1v) is 8.97. The van der Waals surface area contributed by atoms with Crippen LogP contribution in [0.1, 0.15) is 47.8 Å². The number of nitrogens with zero attached hydrogens (tertiary/aromatic N) is 2. The summed E-state index contributed by atoms with van der Waals surface area (Å²) in [5.74, 6) is 0.646. The fraction of sp³-hybridized carbons (Fsp3) is 0.444. The van der Waals surface area contributed by atoms with Crippen LogP contribution >= 0.6 is 0 Å². The van der Waals surface area contributed by atoms with E-state index in [-0.39, 0.29) is 24.6 Å². The van der Waals surface area contributed by atoms with Crippen molar-refractivity contribution >= 4 is 11.7 Å². The summed E-state index contributed by atoms with van der Waals surface area (Å²) in [5, 5.41) is 9.58. The molecule has 2 aliphatic heterocycles. The van der Waals surface area contributed by atoms with Crippen molar-refractivity contribution in [2.75, 3.05) is 18.7 Å². The number of hydrogen-bond acceptors (Lipinski definition) is 5. The van der Waals surface area contributed by atoms with Crippen LogP contribution in [0.2, 0.25) is 0 Å². The molecular weight excluding hydrogens is 377 g/mol. The van der Waals surface area contributed by atoms with E-state index < -0.39 is 24.2 Å². The van der Waals surface area contributed by atoms with E-state index >= 15 is 0 Å². The molecule has 7 nitrogen and oxygen atoms in total. The Morgan fingerprint density at radius 2 is 2.14 bits per heavy atom. The summed E-state index contributed by atoms with van der Waals surface area (Å²) >= 11 is 0. The molecule has 2 N–H and O–H groups in total. The molecule has 10 heteroatoms. The number of carbonyl (C=O) groups is 1. The number of aromatic nitrogens is 2. The lowest BCUT2D eigenvalue weighted by Crippen LogP contribution is -2.36. The SMILES string of the molecule is CCCNC(=O)c1cnn2c1N[C@@H](c1ccc3c(c1)OCO3)C[C@@H]2C(F)(F)F. The number of rotatable bonds is 4. The average molecular weight is 396 g/mol. The molecule has 2 aromatic rings. The molecule has 1 aromatic carbocycles. The van der Waals surface area contributed by atoms with Crippen molar-refractivity contribution in [2.24, 2.45) is 0 Å². The van der Waals surface area contributed by atoms with Crippen LogP contribution in [0.5, 0.6) is 11.5 Å². The number of amides is 1. The Bertz CT molecular complexity index is 897. The topological polar surface area (TPSA) is 77.4 Å². The molecule has 0 radical (unpaired) electrons. The number of hydrogen-bond donors (Lipinski definition) is 2. The van der Waals surface area contributed by atoms with E-state index in [2.05, 4.69) is 15.7 Å². The molecule has 0 fully saturated rings. The molecule has 3 heterocycles. The van der Waals surface area contributed by atoms with Gasteiger partial charge in [0.05, 0.1) is 12.2 Å². The summed E-state index contributed by atoms with van der Waals surface area (Å²) in [6, 6.07) is 2.52. The molecule has 0 unspecified atom stereocenters. The van der Waals surface area contributed by atoms with Gasteiger partial charge in [-0.3, -0.25) is 4.79 Å². The summed E-state index contributed by atoms with van der Waals surface area (Å²) in [7, 11) is 0. The van der Waals surface area contributed by atoms with E-state index in [0.717, 1.165) is 4.68 Å². The zero-order chi connectivity index (χ0) is 19.9. The first-order valence-electron chi connectivity index (χ1n) is 8.97. The minimum Gasteiger partial charge on any atom is -0.454 e. The standard InChI is InChI=1S/C18H19F3N4O3/c1-2-5-22-17(26)11-8-23-25-15(18(19,20)21)7-12(24-16(11)25)10-3-4-13-14(6-10)28-9-27-13/h3-4,6,8,12,15,24H,2,5,7,9H2,1H3,(H,22,26)/t12-,15-/m1/s1. The molecule has 2 aliphatic rings. The monoisotopic (exact) mass is 396 g/mol. The Kier molecular flexibility index (Phi) is 4.56. The van der Waals surface area contributed by atoms with Crippen molar-refractivity contribution < 1.29 is 27.4 Å². The highest BCUT2D eigenvalue weighted by Crippen LogP contribution is 2.45. The zero-order valence-corrected chi connectivity index (χ0v) is 15.0. The van der Waals surface area contributed by atoms with Gasteiger partial charge in [-0.25, -0.2) is 4.68 Å². The Balaban J connectivity index is 1.70. The lowest BCUT2D eigenvalue weighted by molar-refractivity contribution is -0.173. The second kappa shape index (κ2) is 6.92. The predicted octanol–water partition coefficient (Wildman–Crippen LogP) is 3.41. The summed E-state index contributed by atoms with van der Waals surface area (Å²) in [6.07, 6.45) is -2.87. The van der Waals surface area contributed by atoms with Crippen molar-refractivity contribution in [2.45, 2.75) is 38.0 Å². The number of fused-ring (bicyclic) bond motifs is 2. The van der Waals surface area contributed by atoms with E-state index in [1.54, 1.807) is 18.2 Å². The molecule has 2 atom stereocenters. The molecule has 150 valence electrons. The summed E-state index contributed by atoms with van der Waals surface area (Å²) < 4.78 is 52.6. The highest BCUT2D eigenvalue weighted by atomic mass is 19.4. The van der Waals surface area contributed by atoms with Gasteiger partial charge >= 0.3 is 6.18 Å². The number of alkyl halides is 3. The summed E-state index contributed by atoms with van der Waals surface area (Å²) in [6.45, 7) is 2.40. The van der Waals surface area contributed by atoms with Crippen LogP contribution in [0.4, 0.5) is 19.0 Å². The minimum absolute atomic E-state index is 0.0600. The molecule has 4 rings (SSSR count). The second-order valence-corrected chi connectivity index (χ2v) is 6.71. The quantitative estimate of drug-likeness (QED) is 0.828. The number of benzene rings is 1. The second-order valence-electron chi connectivity index (χ2n) is 6.71. The molecular formula is C18H19F3N4O3. The van der Waals surface area contributed by atoms with Crippen LogP contribution in [0.3, 0.4) is 0 Å². The van der Waals surface area contributed by atoms with Gasteiger partial charge in [-0.15, -0.1) is 0 Å². The van der Waals surface area contributed by atoms with Crippen molar-refractivity contribution in [1.82, 2.24) is 15.1 Å². The van der Waals surface area contributed by atoms with Gasteiger partial charge < -0.3 is 20.1 Å². The average Bonchev–Trinajstić information content (AvgIpc) is 3.30. The van der Waals surface area contributed by atoms with Crippen molar-refractivity contribution in [3.8, 4) is 11.5 Å². The minimum atomic E-state index is -4.51.